The van der Waals surface area contributed by atoms with Crippen molar-refractivity contribution in [2.24, 2.45) is 0 Å². The molecule has 0 heterocycles. The van der Waals surface area contributed by atoms with Crippen LogP contribution >= 0.6 is 0 Å². The fourth-order valence-corrected chi connectivity index (χ4v) is 1.26. The van der Waals surface area contributed by atoms with Gasteiger partial charge < -0.3 is 4.74 Å². The molecule has 1 rings (SSSR count). The van der Waals surface area contributed by atoms with Crippen LogP contribution in [0.2, 0.25) is 0 Å². The predicted molar refractivity (Wildman–Crippen MR) is 51.8 cm³/mol. The largest absolute Gasteiger partial charge is 0.462 e. The van der Waals surface area contributed by atoms with E-state index in [9.17, 15) is 9.18 Å². The van der Waals surface area contributed by atoms with Crippen molar-refractivity contribution in [1.29, 1.82) is 5.26 Å². The van der Waals surface area contributed by atoms with Gasteiger partial charge >= 0.3 is 5.97 Å². The SMILES string of the molecule is CCOC(=O)c1cc(F)cc(C)c1C#N. The highest BCUT2D eigenvalue weighted by Gasteiger charge is 2.15. The first kappa shape index (κ1) is 11.2. The normalized spacial score (nSPS) is 9.47. The van der Waals surface area contributed by atoms with Crippen LogP contribution in [0.3, 0.4) is 0 Å². The molecule has 78 valence electrons. The fraction of sp³-hybridized carbons (Fsp3) is 0.273. The van der Waals surface area contributed by atoms with Gasteiger partial charge in [-0.1, -0.05) is 0 Å². The Hall–Kier alpha value is -1.89. The molecule has 0 unspecified atom stereocenters. The van der Waals surface area contributed by atoms with Crippen LogP contribution in [0.25, 0.3) is 0 Å². The third-order valence-corrected chi connectivity index (χ3v) is 1.91. The van der Waals surface area contributed by atoms with E-state index in [1.807, 2.05) is 6.07 Å². The van der Waals surface area contributed by atoms with Gasteiger partial charge in [0, 0.05) is 0 Å². The second-order valence-electron chi connectivity index (χ2n) is 2.98. The zero-order valence-electron chi connectivity index (χ0n) is 8.50. The zero-order chi connectivity index (χ0) is 11.4. The minimum Gasteiger partial charge on any atom is -0.462 e. The molecular weight excluding hydrogens is 197 g/mol. The third kappa shape index (κ3) is 2.32. The number of ether oxygens (including phenoxy) is 1. The van der Waals surface area contributed by atoms with E-state index in [0.29, 0.717) is 5.56 Å². The predicted octanol–water partition coefficient (Wildman–Crippen LogP) is 2.18. The number of hydrogen-bond donors (Lipinski definition) is 0. The van der Waals surface area contributed by atoms with E-state index in [2.05, 4.69) is 0 Å². The quantitative estimate of drug-likeness (QED) is 0.698. The van der Waals surface area contributed by atoms with Crippen molar-refractivity contribution in [3.63, 3.8) is 0 Å². The summed E-state index contributed by atoms with van der Waals surface area (Å²) in [5.41, 5.74) is 0.576. The number of carbonyl (C=O) groups excluding carboxylic acids is 1. The summed E-state index contributed by atoms with van der Waals surface area (Å²) >= 11 is 0. The molecule has 0 aromatic heterocycles. The van der Waals surface area contributed by atoms with E-state index >= 15 is 0 Å². The first-order chi connectivity index (χ1) is 7.10. The van der Waals surface area contributed by atoms with Gasteiger partial charge in [-0.3, -0.25) is 0 Å². The standard InChI is InChI=1S/C11H10FNO2/c1-3-15-11(14)9-5-8(12)4-7(2)10(9)6-13/h4-5H,3H2,1-2H3. The number of hydrogen-bond acceptors (Lipinski definition) is 3. The lowest BCUT2D eigenvalue weighted by molar-refractivity contribution is 0.0525. The maximum atomic E-state index is 13.0. The first-order valence-corrected chi connectivity index (χ1v) is 4.47. The molecule has 0 fully saturated rings. The summed E-state index contributed by atoms with van der Waals surface area (Å²) in [6.45, 7) is 3.42. The number of halogens is 1. The Morgan fingerprint density at radius 3 is 2.80 bits per heavy atom. The van der Waals surface area contributed by atoms with Crippen LogP contribution in [-0.2, 0) is 4.74 Å². The van der Waals surface area contributed by atoms with Crippen molar-refractivity contribution in [3.8, 4) is 6.07 Å². The summed E-state index contributed by atoms with van der Waals surface area (Å²) in [5.74, 6) is -1.22. The molecule has 15 heavy (non-hydrogen) atoms. The molecule has 0 bridgehead atoms. The zero-order valence-corrected chi connectivity index (χ0v) is 8.50. The van der Waals surface area contributed by atoms with E-state index in [4.69, 9.17) is 10.00 Å². The van der Waals surface area contributed by atoms with Gasteiger partial charge in [0.2, 0.25) is 0 Å². The number of benzene rings is 1. The van der Waals surface area contributed by atoms with Gasteiger partial charge in [0.25, 0.3) is 0 Å². The summed E-state index contributed by atoms with van der Waals surface area (Å²) in [6.07, 6.45) is 0. The number of nitrogens with zero attached hydrogens (tertiary/aromatic N) is 1. The number of carbonyl (C=O) groups is 1. The second-order valence-corrected chi connectivity index (χ2v) is 2.98. The highest BCUT2D eigenvalue weighted by atomic mass is 19.1. The molecule has 0 aliphatic heterocycles. The van der Waals surface area contributed by atoms with E-state index in [0.717, 1.165) is 6.07 Å². The van der Waals surface area contributed by atoms with Crippen LogP contribution < -0.4 is 0 Å². The summed E-state index contributed by atoms with van der Waals surface area (Å²) < 4.78 is 17.8. The lowest BCUT2D eigenvalue weighted by Gasteiger charge is -2.06. The molecule has 0 saturated carbocycles. The van der Waals surface area contributed by atoms with Gasteiger partial charge in [0.05, 0.1) is 17.7 Å². The molecule has 0 saturated heterocycles. The van der Waals surface area contributed by atoms with E-state index in [1.165, 1.54) is 6.07 Å². The highest BCUT2D eigenvalue weighted by Crippen LogP contribution is 2.16. The van der Waals surface area contributed by atoms with Crippen molar-refractivity contribution in [2.45, 2.75) is 13.8 Å². The average molecular weight is 207 g/mol. The van der Waals surface area contributed by atoms with Crippen LogP contribution in [0.5, 0.6) is 0 Å². The second kappa shape index (κ2) is 4.56. The Bertz CT molecular complexity index is 435. The maximum Gasteiger partial charge on any atom is 0.339 e. The van der Waals surface area contributed by atoms with Crippen molar-refractivity contribution < 1.29 is 13.9 Å². The third-order valence-electron chi connectivity index (χ3n) is 1.91. The van der Waals surface area contributed by atoms with Crippen LogP contribution in [0.1, 0.15) is 28.4 Å². The Labute approximate surface area is 87.1 Å². The lowest BCUT2D eigenvalue weighted by Crippen LogP contribution is -2.08. The van der Waals surface area contributed by atoms with Crippen molar-refractivity contribution >= 4 is 5.97 Å². The van der Waals surface area contributed by atoms with E-state index in [-0.39, 0.29) is 17.7 Å². The topological polar surface area (TPSA) is 50.1 Å². The molecule has 0 radical (unpaired) electrons. The Morgan fingerprint density at radius 2 is 2.27 bits per heavy atom. The minimum absolute atomic E-state index is 0.0168. The summed E-state index contributed by atoms with van der Waals surface area (Å²) in [7, 11) is 0. The molecule has 4 heteroatoms. The van der Waals surface area contributed by atoms with Gasteiger partial charge in [-0.15, -0.1) is 0 Å². The molecule has 1 aromatic carbocycles. The van der Waals surface area contributed by atoms with Gasteiger partial charge in [-0.25, -0.2) is 9.18 Å². The molecule has 0 N–H and O–H groups in total. The van der Waals surface area contributed by atoms with E-state index in [1.54, 1.807) is 13.8 Å². The summed E-state index contributed by atoms with van der Waals surface area (Å²) in [6, 6.07) is 4.09. The molecular formula is C11H10FNO2. The van der Waals surface area contributed by atoms with Crippen LogP contribution in [0, 0.1) is 24.1 Å². The first-order valence-electron chi connectivity index (χ1n) is 4.47. The number of rotatable bonds is 2. The maximum absolute atomic E-state index is 13.0. The number of nitriles is 1. The van der Waals surface area contributed by atoms with Gasteiger partial charge in [0.1, 0.15) is 11.9 Å². The van der Waals surface area contributed by atoms with Crippen LogP contribution in [0.4, 0.5) is 4.39 Å². The van der Waals surface area contributed by atoms with E-state index < -0.39 is 11.8 Å². The Kier molecular flexibility index (Phi) is 3.40. The molecule has 1 aromatic rings. The van der Waals surface area contributed by atoms with Gasteiger partial charge in [-0.05, 0) is 31.5 Å². The molecule has 0 amide bonds. The summed E-state index contributed by atoms with van der Waals surface area (Å²) in [4.78, 5) is 11.4. The molecule has 0 aliphatic carbocycles. The Balaban J connectivity index is 3.28. The molecule has 3 nitrogen and oxygen atoms in total. The Morgan fingerprint density at radius 1 is 1.60 bits per heavy atom. The minimum atomic E-state index is -0.670. The van der Waals surface area contributed by atoms with Crippen molar-refractivity contribution in [3.05, 3.63) is 34.6 Å². The number of aryl methyl sites for hydroxylation is 1. The van der Waals surface area contributed by atoms with Crippen molar-refractivity contribution in [2.75, 3.05) is 6.61 Å². The van der Waals surface area contributed by atoms with Crippen LogP contribution in [-0.4, -0.2) is 12.6 Å². The van der Waals surface area contributed by atoms with Gasteiger partial charge in [-0.2, -0.15) is 5.26 Å². The smallest absolute Gasteiger partial charge is 0.339 e. The number of esters is 1. The molecule has 0 aliphatic rings. The highest BCUT2D eigenvalue weighted by molar-refractivity contribution is 5.92. The average Bonchev–Trinajstić information content (AvgIpc) is 2.17. The lowest BCUT2D eigenvalue weighted by atomic mass is 10.0. The molecule has 0 spiro atoms. The van der Waals surface area contributed by atoms with Crippen LogP contribution in [0.15, 0.2) is 12.1 Å². The fourth-order valence-electron chi connectivity index (χ4n) is 1.26. The van der Waals surface area contributed by atoms with Crippen molar-refractivity contribution in [1.82, 2.24) is 0 Å². The summed E-state index contributed by atoms with van der Waals surface area (Å²) in [5, 5.41) is 8.83. The molecule has 0 atom stereocenters. The van der Waals surface area contributed by atoms with Gasteiger partial charge in [0.15, 0.2) is 0 Å². The monoisotopic (exact) mass is 207 g/mol.